The van der Waals surface area contributed by atoms with Crippen LogP contribution in [0.1, 0.15) is 0 Å². The van der Waals surface area contributed by atoms with Gasteiger partial charge in [-0.2, -0.15) is 0 Å². The normalized spacial score (nSPS) is 10.6. The summed E-state index contributed by atoms with van der Waals surface area (Å²) in [7, 11) is 1.71. The Morgan fingerprint density at radius 1 is 1.54 bits per heavy atom. The molecule has 0 aliphatic rings. The third kappa shape index (κ3) is 1.27. The number of halogens is 1. The van der Waals surface area contributed by atoms with Gasteiger partial charge < -0.3 is 4.57 Å². The van der Waals surface area contributed by atoms with Crippen molar-refractivity contribution in [1.29, 1.82) is 0 Å². The summed E-state index contributed by atoms with van der Waals surface area (Å²) >= 11 is 3.38. The Balaban J connectivity index is 3.06. The molecule has 3 nitrogen and oxygen atoms in total. The Morgan fingerprint density at radius 2 is 2.31 bits per heavy atom. The molecule has 0 bridgehead atoms. The molecule has 0 fully saturated rings. The van der Waals surface area contributed by atoms with Crippen LogP contribution in [0.3, 0.4) is 0 Å². The highest BCUT2D eigenvalue weighted by molar-refractivity contribution is 9.10. The monoisotopic (exact) mass is 238 g/mol. The first-order chi connectivity index (χ1) is 6.20. The summed E-state index contributed by atoms with van der Waals surface area (Å²) in [5.74, 6) is 0. The zero-order chi connectivity index (χ0) is 9.42. The molecule has 0 saturated heterocycles. The maximum atomic E-state index is 11.6. The van der Waals surface area contributed by atoms with Gasteiger partial charge in [0.2, 0.25) is 0 Å². The summed E-state index contributed by atoms with van der Waals surface area (Å²) in [5, 5.41) is 0.852. The zero-order valence-electron chi connectivity index (χ0n) is 6.99. The van der Waals surface area contributed by atoms with E-state index in [4.69, 9.17) is 0 Å². The van der Waals surface area contributed by atoms with E-state index in [1.165, 1.54) is 4.57 Å². The molecule has 0 N–H and O–H groups in total. The number of hydrogen-bond donors (Lipinski definition) is 0. The lowest BCUT2D eigenvalue weighted by Crippen LogP contribution is -2.16. The van der Waals surface area contributed by atoms with Crippen LogP contribution in [0.2, 0.25) is 0 Å². The largest absolute Gasteiger partial charge is 0.316 e. The number of aryl methyl sites for hydroxylation is 1. The standard InChI is InChI=1S/C9H7BrN2O/c1-12-5-7(10)6-3-2-4-11-8(6)9(12)13/h2-5H,1H3. The van der Waals surface area contributed by atoms with E-state index in [0.717, 1.165) is 9.86 Å². The predicted molar refractivity (Wildman–Crippen MR) is 54.7 cm³/mol. The van der Waals surface area contributed by atoms with Gasteiger partial charge in [0.05, 0.1) is 0 Å². The molecule has 0 aliphatic heterocycles. The molecule has 2 aromatic heterocycles. The van der Waals surface area contributed by atoms with Gasteiger partial charge in [-0.1, -0.05) is 0 Å². The number of hydrogen-bond acceptors (Lipinski definition) is 2. The lowest BCUT2D eigenvalue weighted by Gasteiger charge is -2.02. The second-order valence-electron chi connectivity index (χ2n) is 2.79. The van der Waals surface area contributed by atoms with Gasteiger partial charge >= 0.3 is 0 Å². The van der Waals surface area contributed by atoms with E-state index in [9.17, 15) is 4.79 Å². The molecule has 13 heavy (non-hydrogen) atoms. The van der Waals surface area contributed by atoms with Crippen molar-refractivity contribution in [3.05, 3.63) is 39.4 Å². The van der Waals surface area contributed by atoms with E-state index in [1.54, 1.807) is 19.4 Å². The summed E-state index contributed by atoms with van der Waals surface area (Å²) in [4.78, 5) is 15.6. The number of nitrogens with zero attached hydrogens (tertiary/aromatic N) is 2. The van der Waals surface area contributed by atoms with Gasteiger partial charge in [0.25, 0.3) is 5.56 Å². The summed E-state index contributed by atoms with van der Waals surface area (Å²) in [6, 6.07) is 3.68. The summed E-state index contributed by atoms with van der Waals surface area (Å²) < 4.78 is 2.40. The number of rotatable bonds is 0. The molecule has 0 aromatic carbocycles. The topological polar surface area (TPSA) is 34.9 Å². The van der Waals surface area contributed by atoms with Gasteiger partial charge in [-0.05, 0) is 28.1 Å². The van der Waals surface area contributed by atoms with Crippen LogP contribution in [0.4, 0.5) is 0 Å². The molecule has 0 spiro atoms. The van der Waals surface area contributed by atoms with Crippen molar-refractivity contribution in [2.75, 3.05) is 0 Å². The zero-order valence-corrected chi connectivity index (χ0v) is 8.58. The first kappa shape index (κ1) is 8.44. The molecule has 0 atom stereocenters. The van der Waals surface area contributed by atoms with Gasteiger partial charge in [0, 0.05) is 29.3 Å². The summed E-state index contributed by atoms with van der Waals surface area (Å²) in [5.41, 5.74) is 0.429. The Hall–Kier alpha value is -1.16. The predicted octanol–water partition coefficient (Wildman–Crippen LogP) is 1.70. The van der Waals surface area contributed by atoms with Crippen LogP contribution >= 0.6 is 15.9 Å². The van der Waals surface area contributed by atoms with Gasteiger partial charge in [0.1, 0.15) is 5.52 Å². The highest BCUT2D eigenvalue weighted by Crippen LogP contribution is 2.18. The van der Waals surface area contributed by atoms with E-state index in [1.807, 2.05) is 12.1 Å². The van der Waals surface area contributed by atoms with Crippen LogP contribution in [0.15, 0.2) is 33.8 Å². The van der Waals surface area contributed by atoms with Gasteiger partial charge in [-0.25, -0.2) is 0 Å². The van der Waals surface area contributed by atoms with Crippen molar-refractivity contribution < 1.29 is 0 Å². The molecular weight excluding hydrogens is 232 g/mol. The molecule has 0 amide bonds. The van der Waals surface area contributed by atoms with Crippen molar-refractivity contribution >= 4 is 26.8 Å². The van der Waals surface area contributed by atoms with Crippen LogP contribution in [0.5, 0.6) is 0 Å². The molecule has 66 valence electrons. The van der Waals surface area contributed by atoms with E-state index >= 15 is 0 Å². The maximum absolute atomic E-state index is 11.6. The van der Waals surface area contributed by atoms with Crippen molar-refractivity contribution in [1.82, 2.24) is 9.55 Å². The van der Waals surface area contributed by atoms with Crippen molar-refractivity contribution in [3.63, 3.8) is 0 Å². The van der Waals surface area contributed by atoms with Crippen molar-refractivity contribution in [2.24, 2.45) is 7.05 Å². The molecule has 4 heteroatoms. The first-order valence-corrected chi connectivity index (χ1v) is 4.59. The van der Waals surface area contributed by atoms with Crippen LogP contribution in [-0.4, -0.2) is 9.55 Å². The van der Waals surface area contributed by atoms with E-state index in [0.29, 0.717) is 5.52 Å². The third-order valence-electron chi connectivity index (χ3n) is 1.89. The third-order valence-corrected chi connectivity index (χ3v) is 2.53. The minimum absolute atomic E-state index is 0.0706. The molecule has 0 unspecified atom stereocenters. The van der Waals surface area contributed by atoms with Crippen molar-refractivity contribution in [3.8, 4) is 0 Å². The molecular formula is C9H7BrN2O. The van der Waals surface area contributed by atoms with Gasteiger partial charge in [-0.15, -0.1) is 0 Å². The number of aromatic nitrogens is 2. The van der Waals surface area contributed by atoms with E-state index in [-0.39, 0.29) is 5.56 Å². The SMILES string of the molecule is Cn1cc(Br)c2cccnc2c1=O. The van der Waals surface area contributed by atoms with Gasteiger partial charge in [-0.3, -0.25) is 9.78 Å². The molecule has 0 saturated carbocycles. The highest BCUT2D eigenvalue weighted by Gasteiger charge is 2.04. The minimum atomic E-state index is -0.0706. The molecule has 2 heterocycles. The summed E-state index contributed by atoms with van der Waals surface area (Å²) in [6.45, 7) is 0. The first-order valence-electron chi connectivity index (χ1n) is 3.80. The average molecular weight is 239 g/mol. The fourth-order valence-electron chi connectivity index (χ4n) is 1.23. The quantitative estimate of drug-likeness (QED) is 0.701. The van der Waals surface area contributed by atoms with E-state index < -0.39 is 0 Å². The van der Waals surface area contributed by atoms with Crippen LogP contribution in [0, 0.1) is 0 Å². The average Bonchev–Trinajstić information content (AvgIpc) is 2.15. The Kier molecular flexibility index (Phi) is 1.92. The Bertz CT molecular complexity index is 518. The van der Waals surface area contributed by atoms with Crippen LogP contribution < -0.4 is 5.56 Å². The fraction of sp³-hybridized carbons (Fsp3) is 0.111. The summed E-state index contributed by atoms with van der Waals surface area (Å²) in [6.07, 6.45) is 3.36. The number of pyridine rings is 2. The lowest BCUT2D eigenvalue weighted by molar-refractivity contribution is 0.865. The fourth-order valence-corrected chi connectivity index (χ4v) is 1.86. The number of fused-ring (bicyclic) bond motifs is 1. The molecule has 2 aromatic rings. The smallest absolute Gasteiger partial charge is 0.276 e. The molecule has 0 aliphatic carbocycles. The highest BCUT2D eigenvalue weighted by atomic mass is 79.9. The van der Waals surface area contributed by atoms with Crippen LogP contribution in [0.25, 0.3) is 10.9 Å². The second kappa shape index (κ2) is 2.96. The minimum Gasteiger partial charge on any atom is -0.316 e. The molecule has 2 rings (SSSR count). The maximum Gasteiger partial charge on any atom is 0.276 e. The van der Waals surface area contributed by atoms with Crippen LogP contribution in [-0.2, 0) is 7.05 Å². The van der Waals surface area contributed by atoms with Gasteiger partial charge in [0.15, 0.2) is 0 Å². The lowest BCUT2D eigenvalue weighted by atomic mass is 10.2. The Morgan fingerprint density at radius 3 is 3.08 bits per heavy atom. The van der Waals surface area contributed by atoms with E-state index in [2.05, 4.69) is 20.9 Å². The molecule has 0 radical (unpaired) electrons. The van der Waals surface area contributed by atoms with Crippen molar-refractivity contribution in [2.45, 2.75) is 0 Å². The Labute approximate surface area is 83.2 Å². The second-order valence-corrected chi connectivity index (χ2v) is 3.65.